The predicted molar refractivity (Wildman–Crippen MR) is 107 cm³/mol. The van der Waals surface area contributed by atoms with Gasteiger partial charge in [0.2, 0.25) is 5.91 Å². The molecule has 0 spiro atoms. The van der Waals surface area contributed by atoms with Gasteiger partial charge in [-0.25, -0.2) is 0 Å². The zero-order valence-electron chi connectivity index (χ0n) is 15.9. The van der Waals surface area contributed by atoms with Crippen LogP contribution in [0.25, 0.3) is 0 Å². The van der Waals surface area contributed by atoms with Gasteiger partial charge in [-0.05, 0) is 51.3 Å². The van der Waals surface area contributed by atoms with E-state index in [2.05, 4.69) is 4.90 Å². The summed E-state index contributed by atoms with van der Waals surface area (Å²) in [6.45, 7) is 1.37. The molecular weight excluding hydrogens is 360 g/mol. The predicted octanol–water partition coefficient (Wildman–Crippen LogP) is 2.54. The first-order valence-corrected chi connectivity index (χ1v) is 8.99. The largest absolute Gasteiger partial charge is 0.309 e. The normalized spacial score (nSPS) is 13.6. The minimum absolute atomic E-state index is 0.0607. The van der Waals surface area contributed by atoms with Crippen LogP contribution in [0.4, 0.5) is 17.1 Å². The molecule has 0 aromatic heterocycles. The van der Waals surface area contributed by atoms with Crippen LogP contribution in [0.15, 0.2) is 48.5 Å². The smallest absolute Gasteiger partial charge is 0.269 e. The summed E-state index contributed by atoms with van der Waals surface area (Å²) in [5.74, 6) is -0.503. The second kappa shape index (κ2) is 8.18. The minimum atomic E-state index is -0.514. The highest BCUT2D eigenvalue weighted by Gasteiger charge is 2.32. The van der Waals surface area contributed by atoms with E-state index in [9.17, 15) is 19.7 Å². The number of carbonyl (C=O) groups excluding carboxylic acids is 2. The average Bonchev–Trinajstić information content (AvgIpc) is 2.68. The van der Waals surface area contributed by atoms with Crippen molar-refractivity contribution in [2.24, 2.45) is 0 Å². The van der Waals surface area contributed by atoms with Crippen molar-refractivity contribution in [2.75, 3.05) is 43.5 Å². The standard InChI is InChI=1S/C20H22N4O4/c1-21(2)12-5-13-22-17-6-3-4-7-18(17)23(14-19(22)25)20(26)15-8-10-16(11-9-15)24(27)28/h3-4,6-11H,5,12-14H2,1-2H3. The molecule has 8 nitrogen and oxygen atoms in total. The van der Waals surface area contributed by atoms with Gasteiger partial charge < -0.3 is 9.80 Å². The van der Waals surface area contributed by atoms with Crippen molar-refractivity contribution in [1.82, 2.24) is 4.90 Å². The summed E-state index contributed by atoms with van der Waals surface area (Å²) in [5, 5.41) is 10.8. The Labute approximate surface area is 163 Å². The molecule has 0 saturated carbocycles. The summed E-state index contributed by atoms with van der Waals surface area (Å²) in [6, 6.07) is 12.7. The fourth-order valence-corrected chi connectivity index (χ4v) is 3.21. The molecule has 2 amide bonds. The van der Waals surface area contributed by atoms with Crippen molar-refractivity contribution in [1.29, 1.82) is 0 Å². The second-order valence-corrected chi connectivity index (χ2v) is 6.89. The topological polar surface area (TPSA) is 87.0 Å². The van der Waals surface area contributed by atoms with E-state index in [0.29, 0.717) is 23.5 Å². The van der Waals surface area contributed by atoms with Crippen LogP contribution in [0, 0.1) is 10.1 Å². The molecule has 0 atom stereocenters. The molecule has 1 heterocycles. The molecule has 8 heteroatoms. The van der Waals surface area contributed by atoms with Gasteiger partial charge in [-0.1, -0.05) is 12.1 Å². The molecule has 3 rings (SSSR count). The number of hydrogen-bond acceptors (Lipinski definition) is 5. The molecule has 0 fully saturated rings. The first-order chi connectivity index (χ1) is 13.4. The molecule has 1 aliphatic heterocycles. The van der Waals surface area contributed by atoms with E-state index in [4.69, 9.17) is 0 Å². The van der Waals surface area contributed by atoms with Crippen LogP contribution in [0.1, 0.15) is 16.8 Å². The van der Waals surface area contributed by atoms with Crippen LogP contribution in [0.2, 0.25) is 0 Å². The van der Waals surface area contributed by atoms with Crippen LogP contribution in [0.5, 0.6) is 0 Å². The number of nitro groups is 1. The lowest BCUT2D eigenvalue weighted by molar-refractivity contribution is -0.384. The van der Waals surface area contributed by atoms with Gasteiger partial charge in [0, 0.05) is 24.2 Å². The molecule has 146 valence electrons. The Morgan fingerprint density at radius 2 is 1.75 bits per heavy atom. The lowest BCUT2D eigenvalue weighted by Gasteiger charge is -2.36. The molecular formula is C20H22N4O4. The maximum atomic E-state index is 13.0. The number of non-ortho nitro benzene ring substituents is 1. The van der Waals surface area contributed by atoms with E-state index in [0.717, 1.165) is 13.0 Å². The molecule has 2 aromatic rings. The van der Waals surface area contributed by atoms with Crippen LogP contribution in [0.3, 0.4) is 0 Å². The molecule has 0 bridgehead atoms. The summed E-state index contributed by atoms with van der Waals surface area (Å²) in [4.78, 5) is 41.2. The zero-order chi connectivity index (χ0) is 20.3. The van der Waals surface area contributed by atoms with E-state index in [1.807, 2.05) is 38.4 Å². The van der Waals surface area contributed by atoms with Gasteiger partial charge in [-0.15, -0.1) is 0 Å². The minimum Gasteiger partial charge on any atom is -0.309 e. The number of nitro benzene ring substituents is 1. The second-order valence-electron chi connectivity index (χ2n) is 6.89. The summed E-state index contributed by atoms with van der Waals surface area (Å²) in [5.41, 5.74) is 1.58. The van der Waals surface area contributed by atoms with Crippen molar-refractivity contribution in [3.8, 4) is 0 Å². The fraction of sp³-hybridized carbons (Fsp3) is 0.300. The number of benzene rings is 2. The lowest BCUT2D eigenvalue weighted by atomic mass is 10.1. The van der Waals surface area contributed by atoms with Crippen LogP contribution in [-0.4, -0.2) is 55.4 Å². The monoisotopic (exact) mass is 382 g/mol. The first-order valence-electron chi connectivity index (χ1n) is 8.99. The maximum absolute atomic E-state index is 13.0. The zero-order valence-corrected chi connectivity index (χ0v) is 15.9. The van der Waals surface area contributed by atoms with Crippen LogP contribution in [-0.2, 0) is 4.79 Å². The number of carbonyl (C=O) groups is 2. The Morgan fingerprint density at radius 1 is 1.11 bits per heavy atom. The fourth-order valence-electron chi connectivity index (χ4n) is 3.21. The molecule has 2 aromatic carbocycles. The molecule has 0 N–H and O–H groups in total. The van der Waals surface area contributed by atoms with Crippen molar-refractivity contribution >= 4 is 28.9 Å². The Bertz CT molecular complexity index is 895. The molecule has 1 aliphatic rings. The average molecular weight is 382 g/mol. The first kappa shape index (κ1) is 19.5. The van der Waals surface area contributed by atoms with E-state index in [1.54, 1.807) is 4.90 Å². The number of para-hydroxylation sites is 2. The lowest BCUT2D eigenvalue weighted by Crippen LogP contribution is -2.48. The Kier molecular flexibility index (Phi) is 5.70. The molecule has 28 heavy (non-hydrogen) atoms. The highest BCUT2D eigenvalue weighted by molar-refractivity contribution is 6.15. The number of amides is 2. The van der Waals surface area contributed by atoms with Gasteiger partial charge in [-0.3, -0.25) is 24.6 Å². The number of anilines is 2. The van der Waals surface area contributed by atoms with E-state index >= 15 is 0 Å². The molecule has 0 saturated heterocycles. The maximum Gasteiger partial charge on any atom is 0.269 e. The Hall–Kier alpha value is -3.26. The number of hydrogen-bond donors (Lipinski definition) is 0. The van der Waals surface area contributed by atoms with Gasteiger partial charge in [0.1, 0.15) is 6.54 Å². The number of fused-ring (bicyclic) bond motifs is 1. The molecule has 0 radical (unpaired) electrons. The molecule has 0 unspecified atom stereocenters. The summed E-state index contributed by atoms with van der Waals surface area (Å²) in [7, 11) is 3.97. The summed E-state index contributed by atoms with van der Waals surface area (Å²) < 4.78 is 0. The van der Waals surface area contributed by atoms with E-state index < -0.39 is 4.92 Å². The van der Waals surface area contributed by atoms with Crippen molar-refractivity contribution in [3.05, 3.63) is 64.2 Å². The Balaban J connectivity index is 1.86. The number of nitrogens with zero attached hydrogens (tertiary/aromatic N) is 4. The van der Waals surface area contributed by atoms with Gasteiger partial charge in [-0.2, -0.15) is 0 Å². The highest BCUT2D eigenvalue weighted by atomic mass is 16.6. The third-order valence-corrected chi connectivity index (χ3v) is 4.62. The van der Waals surface area contributed by atoms with E-state index in [-0.39, 0.29) is 24.0 Å². The van der Waals surface area contributed by atoms with E-state index in [1.165, 1.54) is 29.2 Å². The summed E-state index contributed by atoms with van der Waals surface area (Å²) in [6.07, 6.45) is 0.823. The number of rotatable bonds is 6. The SMILES string of the molecule is CN(C)CCCN1C(=O)CN(C(=O)c2ccc([N+](=O)[O-])cc2)c2ccccc21. The summed E-state index contributed by atoms with van der Waals surface area (Å²) >= 11 is 0. The van der Waals surface area contributed by atoms with Crippen molar-refractivity contribution < 1.29 is 14.5 Å². The van der Waals surface area contributed by atoms with Gasteiger partial charge in [0.25, 0.3) is 11.6 Å². The Morgan fingerprint density at radius 3 is 2.36 bits per heavy atom. The quantitative estimate of drug-likeness (QED) is 0.566. The van der Waals surface area contributed by atoms with Gasteiger partial charge >= 0.3 is 0 Å². The van der Waals surface area contributed by atoms with Crippen molar-refractivity contribution in [2.45, 2.75) is 6.42 Å². The van der Waals surface area contributed by atoms with Crippen LogP contribution < -0.4 is 9.80 Å². The third-order valence-electron chi connectivity index (χ3n) is 4.62. The highest BCUT2D eigenvalue weighted by Crippen LogP contribution is 2.34. The van der Waals surface area contributed by atoms with Gasteiger partial charge in [0.15, 0.2) is 0 Å². The van der Waals surface area contributed by atoms with Crippen LogP contribution >= 0.6 is 0 Å². The third kappa shape index (κ3) is 4.01. The van der Waals surface area contributed by atoms with Gasteiger partial charge in [0.05, 0.1) is 16.3 Å². The van der Waals surface area contributed by atoms with Crippen molar-refractivity contribution in [3.63, 3.8) is 0 Å². The molecule has 0 aliphatic carbocycles.